The molecule has 0 amide bonds. The molecule has 1 heterocycles. The van der Waals surface area contributed by atoms with Crippen LogP contribution < -0.4 is 14.4 Å². The number of ether oxygens (including phenoxy) is 2. The number of hydrogen-bond donors (Lipinski definition) is 0. The Bertz CT molecular complexity index is 777. The maximum absolute atomic E-state index is 13.5. The van der Waals surface area contributed by atoms with Crippen LogP contribution in [0.15, 0.2) is 30.5 Å². The van der Waals surface area contributed by atoms with Crippen molar-refractivity contribution in [2.75, 3.05) is 18.6 Å². The number of rotatable bonds is 6. The zero-order valence-corrected chi connectivity index (χ0v) is 15.3. The number of aromatic nitrogens is 2. The van der Waals surface area contributed by atoms with E-state index in [1.165, 1.54) is 11.9 Å². The molecule has 0 spiro atoms. The molecule has 5 nitrogen and oxygen atoms in total. The van der Waals surface area contributed by atoms with Gasteiger partial charge in [0, 0.05) is 13.2 Å². The fourth-order valence-corrected chi connectivity index (χ4v) is 3.15. The van der Waals surface area contributed by atoms with Crippen LogP contribution in [0.1, 0.15) is 38.2 Å². The van der Waals surface area contributed by atoms with Crippen LogP contribution in [-0.2, 0) is 6.18 Å². The lowest BCUT2D eigenvalue weighted by Crippen LogP contribution is -2.21. The zero-order chi connectivity index (χ0) is 19.4. The van der Waals surface area contributed by atoms with Crippen LogP contribution in [-0.4, -0.2) is 29.7 Å². The van der Waals surface area contributed by atoms with Crippen LogP contribution in [0.2, 0.25) is 0 Å². The lowest BCUT2D eigenvalue weighted by atomic mass is 10.2. The molecule has 1 fully saturated rings. The second-order valence-electron chi connectivity index (χ2n) is 6.37. The minimum Gasteiger partial charge on any atom is -0.488 e. The molecule has 1 saturated carbocycles. The van der Waals surface area contributed by atoms with Crippen molar-refractivity contribution in [3.8, 4) is 11.8 Å². The van der Waals surface area contributed by atoms with E-state index in [1.807, 2.05) is 0 Å². The lowest BCUT2D eigenvalue weighted by Gasteiger charge is -2.25. The Morgan fingerprint density at radius 2 is 1.89 bits per heavy atom. The number of alkyl halides is 3. The summed E-state index contributed by atoms with van der Waals surface area (Å²) >= 11 is 0. The topological polar surface area (TPSA) is 47.5 Å². The molecule has 2 aromatic rings. The first-order valence-electron chi connectivity index (χ1n) is 8.96. The number of nitrogens with zero attached hydrogens (tertiary/aromatic N) is 3. The highest BCUT2D eigenvalue weighted by molar-refractivity contribution is 5.68. The molecule has 8 heteroatoms. The van der Waals surface area contributed by atoms with Gasteiger partial charge in [0.25, 0.3) is 0 Å². The highest BCUT2D eigenvalue weighted by atomic mass is 19.4. The predicted octanol–water partition coefficient (Wildman–Crippen LogP) is 4.98. The summed E-state index contributed by atoms with van der Waals surface area (Å²) in [5.74, 6) is 0.264. The maximum atomic E-state index is 13.5. The first-order chi connectivity index (χ1) is 12.9. The summed E-state index contributed by atoms with van der Waals surface area (Å²) in [5, 5.41) is 0. The minimum atomic E-state index is -4.59. The van der Waals surface area contributed by atoms with E-state index in [0.29, 0.717) is 11.4 Å². The van der Waals surface area contributed by atoms with Crippen molar-refractivity contribution >= 4 is 11.5 Å². The van der Waals surface area contributed by atoms with E-state index < -0.39 is 11.7 Å². The molecule has 1 aliphatic rings. The van der Waals surface area contributed by atoms with Crippen molar-refractivity contribution in [3.63, 3.8) is 0 Å². The summed E-state index contributed by atoms with van der Waals surface area (Å²) in [6.07, 6.45) is 0.363. The zero-order valence-electron chi connectivity index (χ0n) is 15.3. The highest BCUT2D eigenvalue weighted by Gasteiger charge is 2.37. The molecule has 0 N–H and O–H groups in total. The van der Waals surface area contributed by atoms with Crippen molar-refractivity contribution in [2.24, 2.45) is 0 Å². The molecule has 0 unspecified atom stereocenters. The summed E-state index contributed by atoms with van der Waals surface area (Å²) in [6, 6.07) is 6.94. The number of hydrogen-bond acceptors (Lipinski definition) is 5. The Hall–Kier alpha value is -2.51. The Labute approximate surface area is 156 Å². The molecule has 0 atom stereocenters. The second kappa shape index (κ2) is 8.02. The minimum absolute atomic E-state index is 0.0889. The van der Waals surface area contributed by atoms with Gasteiger partial charge in [-0.05, 0) is 44.7 Å². The number of halogens is 3. The van der Waals surface area contributed by atoms with Gasteiger partial charge in [0.05, 0.1) is 18.4 Å². The fourth-order valence-electron chi connectivity index (χ4n) is 3.15. The average molecular weight is 381 g/mol. The lowest BCUT2D eigenvalue weighted by molar-refractivity contribution is -0.137. The molecule has 0 saturated heterocycles. The first-order valence-corrected chi connectivity index (χ1v) is 8.96. The monoisotopic (exact) mass is 381 g/mol. The quantitative estimate of drug-likeness (QED) is 0.706. The van der Waals surface area contributed by atoms with Gasteiger partial charge in [-0.1, -0.05) is 12.1 Å². The van der Waals surface area contributed by atoms with Crippen LogP contribution >= 0.6 is 0 Å². The number of benzene rings is 1. The summed E-state index contributed by atoms with van der Waals surface area (Å²) in [4.78, 5) is 9.03. The Morgan fingerprint density at radius 3 is 2.56 bits per heavy atom. The summed E-state index contributed by atoms with van der Waals surface area (Å²) in [7, 11) is 1.53. The van der Waals surface area contributed by atoms with Crippen molar-refractivity contribution in [1.82, 2.24) is 9.97 Å². The van der Waals surface area contributed by atoms with Gasteiger partial charge in [0.1, 0.15) is 11.3 Å². The van der Waals surface area contributed by atoms with E-state index >= 15 is 0 Å². The molecule has 27 heavy (non-hydrogen) atoms. The van der Waals surface area contributed by atoms with Gasteiger partial charge in [0.2, 0.25) is 0 Å². The third kappa shape index (κ3) is 4.43. The summed E-state index contributed by atoms with van der Waals surface area (Å²) < 4.78 is 51.7. The molecular weight excluding hydrogens is 359 g/mol. The van der Waals surface area contributed by atoms with E-state index in [-0.39, 0.29) is 24.5 Å². The van der Waals surface area contributed by atoms with Gasteiger partial charge in [-0.25, -0.2) is 4.98 Å². The van der Waals surface area contributed by atoms with Gasteiger partial charge >= 0.3 is 12.2 Å². The van der Waals surface area contributed by atoms with E-state index in [4.69, 9.17) is 9.47 Å². The van der Waals surface area contributed by atoms with Gasteiger partial charge < -0.3 is 14.4 Å². The molecule has 1 aromatic carbocycles. The Morgan fingerprint density at radius 1 is 1.19 bits per heavy atom. The first kappa shape index (κ1) is 19.3. The van der Waals surface area contributed by atoms with Gasteiger partial charge in [-0.15, -0.1) is 0 Å². The third-order valence-corrected chi connectivity index (χ3v) is 4.47. The smallest absolute Gasteiger partial charge is 0.421 e. The Balaban J connectivity index is 1.99. The summed E-state index contributed by atoms with van der Waals surface area (Å²) in [6.45, 7) is 1.98. The van der Waals surface area contributed by atoms with Crippen LogP contribution in [0.3, 0.4) is 0 Å². The van der Waals surface area contributed by atoms with E-state index in [2.05, 4.69) is 9.97 Å². The van der Waals surface area contributed by atoms with Crippen molar-refractivity contribution in [3.05, 3.63) is 36.0 Å². The molecule has 0 bridgehead atoms. The molecule has 0 radical (unpaired) electrons. The average Bonchev–Trinajstić information content (AvgIpc) is 3.14. The van der Waals surface area contributed by atoms with Crippen molar-refractivity contribution in [1.29, 1.82) is 0 Å². The molecule has 0 aliphatic heterocycles. The molecule has 3 rings (SSSR count). The number of para-hydroxylation sites is 2. The van der Waals surface area contributed by atoms with Crippen LogP contribution in [0.4, 0.5) is 24.7 Å². The molecule has 1 aliphatic carbocycles. The fraction of sp³-hybridized carbons (Fsp3) is 0.474. The van der Waals surface area contributed by atoms with Crippen LogP contribution in [0.25, 0.3) is 0 Å². The largest absolute Gasteiger partial charge is 0.488 e. The maximum Gasteiger partial charge on any atom is 0.421 e. The van der Waals surface area contributed by atoms with E-state index in [9.17, 15) is 13.2 Å². The number of anilines is 2. The van der Waals surface area contributed by atoms with Crippen LogP contribution in [0.5, 0.6) is 11.8 Å². The van der Waals surface area contributed by atoms with Crippen molar-refractivity contribution in [2.45, 2.75) is 44.9 Å². The molecular formula is C19H22F3N3O2. The van der Waals surface area contributed by atoms with Gasteiger partial charge in [-0.3, -0.25) is 0 Å². The summed E-state index contributed by atoms with van der Waals surface area (Å²) in [5.41, 5.74) is -0.417. The third-order valence-electron chi connectivity index (χ3n) is 4.47. The standard InChI is InChI=1S/C19H22F3N3O2/c1-3-26-18-23-12-14(19(20,21)22)17(24-18)25(2)15-10-6-7-11-16(15)27-13-8-4-5-9-13/h6-7,10-13H,3-5,8-9H2,1-2H3. The van der Waals surface area contributed by atoms with Crippen molar-refractivity contribution < 1.29 is 22.6 Å². The Kier molecular flexibility index (Phi) is 5.72. The molecule has 1 aromatic heterocycles. The van der Waals surface area contributed by atoms with E-state index in [1.54, 1.807) is 31.2 Å². The normalized spacial score (nSPS) is 15.0. The highest BCUT2D eigenvalue weighted by Crippen LogP contribution is 2.40. The predicted molar refractivity (Wildman–Crippen MR) is 95.6 cm³/mol. The SMILES string of the molecule is CCOc1ncc(C(F)(F)F)c(N(C)c2ccccc2OC2CCCC2)n1. The second-order valence-corrected chi connectivity index (χ2v) is 6.37. The molecule has 146 valence electrons. The van der Waals surface area contributed by atoms with Gasteiger partial charge in [0.15, 0.2) is 5.82 Å². The van der Waals surface area contributed by atoms with Gasteiger partial charge in [-0.2, -0.15) is 18.2 Å². The van der Waals surface area contributed by atoms with Crippen LogP contribution in [0, 0.1) is 0 Å². The van der Waals surface area contributed by atoms with E-state index in [0.717, 1.165) is 31.9 Å².